The molecule has 1 amide bonds. The zero-order chi connectivity index (χ0) is 9.40. The summed E-state index contributed by atoms with van der Waals surface area (Å²) in [5.74, 6) is -0.0447. The molecule has 0 aliphatic carbocycles. The molecule has 0 rings (SSSR count). The van der Waals surface area contributed by atoms with Crippen molar-refractivity contribution in [1.29, 1.82) is 0 Å². The molecule has 66 valence electrons. The summed E-state index contributed by atoms with van der Waals surface area (Å²) < 4.78 is 0. The average Bonchev–Trinajstić information content (AvgIpc) is 2.10. The molecule has 0 radical (unpaired) electrons. The predicted molar refractivity (Wildman–Crippen MR) is 51.8 cm³/mol. The van der Waals surface area contributed by atoms with Crippen LogP contribution in [0.3, 0.4) is 0 Å². The summed E-state index contributed by atoms with van der Waals surface area (Å²) in [7, 11) is 0. The lowest BCUT2D eigenvalue weighted by Gasteiger charge is -2.00. The number of rotatable bonds is 5. The van der Waals surface area contributed by atoms with Crippen molar-refractivity contribution in [2.24, 2.45) is 0 Å². The van der Waals surface area contributed by atoms with Gasteiger partial charge in [0.25, 0.3) is 0 Å². The Kier molecular flexibility index (Phi) is 5.70. The van der Waals surface area contributed by atoms with Crippen LogP contribution in [0, 0.1) is 0 Å². The van der Waals surface area contributed by atoms with Gasteiger partial charge in [0.15, 0.2) is 0 Å². The lowest BCUT2D eigenvalue weighted by Crippen LogP contribution is -2.23. The minimum absolute atomic E-state index is 0.0447. The first-order valence-electron chi connectivity index (χ1n) is 3.89. The fraction of sp³-hybridized carbons (Fsp3) is 0.300. The fourth-order valence-corrected chi connectivity index (χ4v) is 0.657. The standard InChI is InChI=1S/C10H15NO/c1-4-6-7-9(3)10(12)11-8-5-2/h4-5,7H,1-2,6,8H2,3H3,(H,11,12). The quantitative estimate of drug-likeness (QED) is 0.488. The van der Waals surface area contributed by atoms with Crippen LogP contribution in [0.2, 0.25) is 0 Å². The average molecular weight is 165 g/mol. The second-order valence-electron chi connectivity index (χ2n) is 2.41. The van der Waals surface area contributed by atoms with Gasteiger partial charge in [0.2, 0.25) is 5.91 Å². The maximum absolute atomic E-state index is 11.1. The molecule has 0 saturated carbocycles. The minimum Gasteiger partial charge on any atom is -0.349 e. The molecule has 0 aromatic heterocycles. The van der Waals surface area contributed by atoms with E-state index in [9.17, 15) is 4.79 Å². The fourth-order valence-electron chi connectivity index (χ4n) is 0.657. The zero-order valence-corrected chi connectivity index (χ0v) is 7.47. The van der Waals surface area contributed by atoms with Gasteiger partial charge in [-0.15, -0.1) is 13.2 Å². The SMILES string of the molecule is C=CCC=C(C)C(=O)NCC=C. The van der Waals surface area contributed by atoms with E-state index in [0.717, 1.165) is 12.0 Å². The van der Waals surface area contributed by atoms with Gasteiger partial charge < -0.3 is 5.32 Å². The van der Waals surface area contributed by atoms with Gasteiger partial charge in [-0.2, -0.15) is 0 Å². The molecular formula is C10H15NO. The largest absolute Gasteiger partial charge is 0.349 e. The third-order valence-corrected chi connectivity index (χ3v) is 1.36. The maximum atomic E-state index is 11.1. The number of hydrogen-bond donors (Lipinski definition) is 1. The molecule has 0 heterocycles. The van der Waals surface area contributed by atoms with Gasteiger partial charge in [0.05, 0.1) is 0 Å². The van der Waals surface area contributed by atoms with Crippen LogP contribution in [0.5, 0.6) is 0 Å². The minimum atomic E-state index is -0.0447. The summed E-state index contributed by atoms with van der Waals surface area (Å²) in [5, 5.41) is 2.68. The Morgan fingerprint density at radius 3 is 2.58 bits per heavy atom. The Labute approximate surface area is 73.7 Å². The van der Waals surface area contributed by atoms with E-state index in [1.54, 1.807) is 19.1 Å². The lowest BCUT2D eigenvalue weighted by molar-refractivity contribution is -0.117. The first-order chi connectivity index (χ1) is 5.72. The van der Waals surface area contributed by atoms with E-state index in [1.807, 2.05) is 6.08 Å². The first-order valence-corrected chi connectivity index (χ1v) is 3.89. The van der Waals surface area contributed by atoms with Crippen molar-refractivity contribution in [1.82, 2.24) is 5.32 Å². The van der Waals surface area contributed by atoms with Crippen LogP contribution in [-0.4, -0.2) is 12.5 Å². The highest BCUT2D eigenvalue weighted by Crippen LogP contribution is 1.95. The third kappa shape index (κ3) is 4.50. The zero-order valence-electron chi connectivity index (χ0n) is 7.47. The molecule has 0 atom stereocenters. The van der Waals surface area contributed by atoms with E-state index in [-0.39, 0.29) is 5.91 Å². The van der Waals surface area contributed by atoms with E-state index in [2.05, 4.69) is 18.5 Å². The topological polar surface area (TPSA) is 29.1 Å². The number of amides is 1. The van der Waals surface area contributed by atoms with Crippen molar-refractivity contribution in [2.75, 3.05) is 6.54 Å². The number of nitrogens with one attached hydrogen (secondary N) is 1. The molecule has 1 N–H and O–H groups in total. The molecule has 2 nitrogen and oxygen atoms in total. The second-order valence-corrected chi connectivity index (χ2v) is 2.41. The van der Waals surface area contributed by atoms with Gasteiger partial charge in [0.1, 0.15) is 0 Å². The summed E-state index contributed by atoms with van der Waals surface area (Å²) in [6, 6.07) is 0. The number of allylic oxidation sites excluding steroid dienone is 2. The Hall–Kier alpha value is -1.31. The second kappa shape index (κ2) is 6.40. The van der Waals surface area contributed by atoms with Gasteiger partial charge in [-0.25, -0.2) is 0 Å². The predicted octanol–water partition coefficient (Wildman–Crippen LogP) is 1.81. The first kappa shape index (κ1) is 10.7. The van der Waals surface area contributed by atoms with Crippen molar-refractivity contribution < 1.29 is 4.79 Å². The molecular weight excluding hydrogens is 150 g/mol. The van der Waals surface area contributed by atoms with Gasteiger partial charge >= 0.3 is 0 Å². The molecule has 0 fully saturated rings. The molecule has 12 heavy (non-hydrogen) atoms. The highest BCUT2D eigenvalue weighted by molar-refractivity contribution is 5.92. The van der Waals surface area contributed by atoms with E-state index >= 15 is 0 Å². The van der Waals surface area contributed by atoms with Crippen LogP contribution < -0.4 is 5.32 Å². The lowest BCUT2D eigenvalue weighted by atomic mass is 10.2. The van der Waals surface area contributed by atoms with Crippen molar-refractivity contribution >= 4 is 5.91 Å². The van der Waals surface area contributed by atoms with Crippen LogP contribution in [-0.2, 0) is 4.79 Å². The van der Waals surface area contributed by atoms with Crippen molar-refractivity contribution in [2.45, 2.75) is 13.3 Å². The van der Waals surface area contributed by atoms with Crippen LogP contribution in [0.25, 0.3) is 0 Å². The Morgan fingerprint density at radius 1 is 1.42 bits per heavy atom. The molecule has 2 heteroatoms. The Balaban J connectivity index is 3.90. The normalized spacial score (nSPS) is 10.6. The summed E-state index contributed by atoms with van der Waals surface area (Å²) in [6.07, 6.45) is 5.97. The van der Waals surface area contributed by atoms with Crippen LogP contribution in [0.1, 0.15) is 13.3 Å². The molecule has 0 aliphatic rings. The summed E-state index contributed by atoms with van der Waals surface area (Å²) in [4.78, 5) is 11.1. The summed E-state index contributed by atoms with van der Waals surface area (Å²) in [6.45, 7) is 9.36. The molecule has 0 aromatic carbocycles. The van der Waals surface area contributed by atoms with Crippen LogP contribution in [0.4, 0.5) is 0 Å². The van der Waals surface area contributed by atoms with E-state index in [4.69, 9.17) is 0 Å². The molecule has 0 bridgehead atoms. The van der Waals surface area contributed by atoms with E-state index in [1.165, 1.54) is 0 Å². The van der Waals surface area contributed by atoms with Gasteiger partial charge in [0, 0.05) is 12.1 Å². The van der Waals surface area contributed by atoms with E-state index < -0.39 is 0 Å². The Bertz CT molecular complexity index is 204. The van der Waals surface area contributed by atoms with Gasteiger partial charge in [-0.3, -0.25) is 4.79 Å². The summed E-state index contributed by atoms with van der Waals surface area (Å²) in [5.41, 5.74) is 0.719. The van der Waals surface area contributed by atoms with Crippen molar-refractivity contribution in [3.63, 3.8) is 0 Å². The molecule has 0 unspecified atom stereocenters. The summed E-state index contributed by atoms with van der Waals surface area (Å²) >= 11 is 0. The highest BCUT2D eigenvalue weighted by atomic mass is 16.1. The van der Waals surface area contributed by atoms with Gasteiger partial charge in [-0.05, 0) is 13.3 Å². The number of carbonyl (C=O) groups excluding carboxylic acids is 1. The molecule has 0 spiro atoms. The van der Waals surface area contributed by atoms with Crippen molar-refractivity contribution in [3.05, 3.63) is 37.0 Å². The Morgan fingerprint density at radius 2 is 2.08 bits per heavy atom. The molecule has 0 aliphatic heterocycles. The highest BCUT2D eigenvalue weighted by Gasteiger charge is 1.99. The third-order valence-electron chi connectivity index (χ3n) is 1.36. The van der Waals surface area contributed by atoms with E-state index in [0.29, 0.717) is 6.54 Å². The molecule has 0 saturated heterocycles. The van der Waals surface area contributed by atoms with Crippen molar-refractivity contribution in [3.8, 4) is 0 Å². The monoisotopic (exact) mass is 165 g/mol. The van der Waals surface area contributed by atoms with Gasteiger partial charge in [-0.1, -0.05) is 18.2 Å². The smallest absolute Gasteiger partial charge is 0.246 e. The maximum Gasteiger partial charge on any atom is 0.246 e. The molecule has 0 aromatic rings. The van der Waals surface area contributed by atoms with Crippen LogP contribution in [0.15, 0.2) is 37.0 Å². The van der Waals surface area contributed by atoms with Crippen LogP contribution >= 0.6 is 0 Å². The number of carbonyl (C=O) groups is 1. The number of hydrogen-bond acceptors (Lipinski definition) is 1.